The zero-order valence-electron chi connectivity index (χ0n) is 12.1. The van der Waals surface area contributed by atoms with Gasteiger partial charge in [0.05, 0.1) is 12.2 Å². The summed E-state index contributed by atoms with van der Waals surface area (Å²) in [4.78, 5) is 22.7. The molecule has 3 N–H and O–H groups in total. The van der Waals surface area contributed by atoms with Gasteiger partial charge >= 0.3 is 0 Å². The van der Waals surface area contributed by atoms with Crippen LogP contribution in [0, 0.1) is 12.7 Å². The van der Waals surface area contributed by atoms with Gasteiger partial charge in [-0.15, -0.1) is 0 Å². The maximum Gasteiger partial charge on any atom is 0.244 e. The fraction of sp³-hybridized carbons (Fsp3) is 0.214. The highest BCUT2D eigenvalue weighted by Gasteiger charge is 2.09. The molecular formula is C14H15FN4O3. The van der Waals surface area contributed by atoms with Gasteiger partial charge in [0.2, 0.25) is 11.8 Å². The lowest BCUT2D eigenvalue weighted by Crippen LogP contribution is -2.22. The fourth-order valence-corrected chi connectivity index (χ4v) is 1.73. The summed E-state index contributed by atoms with van der Waals surface area (Å²) in [6.45, 7) is 2.89. The largest absolute Gasteiger partial charge is 0.374 e. The third kappa shape index (κ3) is 4.30. The van der Waals surface area contributed by atoms with Gasteiger partial charge in [0.25, 0.3) is 0 Å². The molecule has 116 valence electrons. The molecule has 7 nitrogen and oxygen atoms in total. The van der Waals surface area contributed by atoms with E-state index >= 15 is 0 Å². The number of nitrogens with zero attached hydrogens (tertiary/aromatic N) is 1. The van der Waals surface area contributed by atoms with Gasteiger partial charge in [-0.1, -0.05) is 5.16 Å². The van der Waals surface area contributed by atoms with Crippen LogP contribution in [0.3, 0.4) is 0 Å². The molecule has 0 spiro atoms. The lowest BCUT2D eigenvalue weighted by atomic mass is 10.2. The van der Waals surface area contributed by atoms with Crippen LogP contribution in [0.15, 0.2) is 28.8 Å². The molecule has 22 heavy (non-hydrogen) atoms. The van der Waals surface area contributed by atoms with Crippen molar-refractivity contribution in [2.24, 2.45) is 0 Å². The summed E-state index contributed by atoms with van der Waals surface area (Å²) < 4.78 is 18.5. The Kier molecular flexibility index (Phi) is 4.72. The Hall–Kier alpha value is -2.90. The van der Waals surface area contributed by atoms with Crippen molar-refractivity contribution in [1.29, 1.82) is 0 Å². The second-order valence-electron chi connectivity index (χ2n) is 4.60. The minimum atomic E-state index is -0.529. The predicted molar refractivity (Wildman–Crippen MR) is 79.1 cm³/mol. The highest BCUT2D eigenvalue weighted by atomic mass is 19.1. The van der Waals surface area contributed by atoms with Crippen LogP contribution in [-0.4, -0.2) is 23.5 Å². The maximum absolute atomic E-state index is 13.7. The van der Waals surface area contributed by atoms with E-state index in [1.807, 2.05) is 0 Å². The molecule has 1 aromatic carbocycles. The van der Waals surface area contributed by atoms with E-state index in [0.29, 0.717) is 11.4 Å². The zero-order chi connectivity index (χ0) is 16.1. The van der Waals surface area contributed by atoms with Crippen molar-refractivity contribution < 1.29 is 18.5 Å². The van der Waals surface area contributed by atoms with E-state index in [4.69, 9.17) is 4.52 Å². The molecule has 0 atom stereocenters. The number of hydrogen-bond donors (Lipinski definition) is 3. The van der Waals surface area contributed by atoms with Crippen LogP contribution in [0.25, 0.3) is 0 Å². The number of rotatable bonds is 5. The molecule has 1 heterocycles. The molecule has 1 aromatic heterocycles. The van der Waals surface area contributed by atoms with Crippen molar-refractivity contribution in [2.45, 2.75) is 13.8 Å². The first kappa shape index (κ1) is 15.5. The Morgan fingerprint density at radius 2 is 2.05 bits per heavy atom. The molecule has 2 amide bonds. The fourth-order valence-electron chi connectivity index (χ4n) is 1.73. The summed E-state index contributed by atoms with van der Waals surface area (Å²) in [5.74, 6) is -0.345. The summed E-state index contributed by atoms with van der Waals surface area (Å²) >= 11 is 0. The number of anilines is 3. The Morgan fingerprint density at radius 1 is 1.27 bits per heavy atom. The number of aryl methyl sites for hydroxylation is 1. The lowest BCUT2D eigenvalue weighted by molar-refractivity contribution is -0.115. The van der Waals surface area contributed by atoms with E-state index < -0.39 is 11.7 Å². The molecule has 0 saturated carbocycles. The summed E-state index contributed by atoms with van der Waals surface area (Å²) in [7, 11) is 0. The number of halogens is 1. The van der Waals surface area contributed by atoms with E-state index in [2.05, 4.69) is 21.1 Å². The Balaban J connectivity index is 1.95. The first-order valence-electron chi connectivity index (χ1n) is 6.48. The van der Waals surface area contributed by atoms with Crippen LogP contribution in [0.5, 0.6) is 0 Å². The lowest BCUT2D eigenvalue weighted by Gasteiger charge is -2.09. The van der Waals surface area contributed by atoms with Crippen molar-refractivity contribution in [1.82, 2.24) is 5.16 Å². The number of amides is 2. The molecule has 2 aromatic rings. The average Bonchev–Trinajstić information content (AvgIpc) is 2.84. The molecule has 0 bridgehead atoms. The number of benzene rings is 1. The molecule has 0 aliphatic heterocycles. The third-order valence-corrected chi connectivity index (χ3v) is 2.62. The normalized spacial score (nSPS) is 10.1. The van der Waals surface area contributed by atoms with Gasteiger partial charge in [-0.25, -0.2) is 4.39 Å². The van der Waals surface area contributed by atoms with Gasteiger partial charge in [0.1, 0.15) is 11.6 Å². The third-order valence-electron chi connectivity index (χ3n) is 2.62. The van der Waals surface area contributed by atoms with Crippen molar-refractivity contribution in [2.75, 3.05) is 22.5 Å². The number of aromatic nitrogens is 1. The second-order valence-corrected chi connectivity index (χ2v) is 4.60. The van der Waals surface area contributed by atoms with Crippen molar-refractivity contribution in [3.63, 3.8) is 0 Å². The molecular weight excluding hydrogens is 291 g/mol. The molecule has 0 aliphatic carbocycles. The van der Waals surface area contributed by atoms with E-state index in [-0.39, 0.29) is 24.0 Å². The highest BCUT2D eigenvalue weighted by molar-refractivity contribution is 5.93. The topological polar surface area (TPSA) is 96.3 Å². The first-order chi connectivity index (χ1) is 10.4. The summed E-state index contributed by atoms with van der Waals surface area (Å²) in [6, 6.07) is 5.60. The first-order valence-corrected chi connectivity index (χ1v) is 6.48. The zero-order valence-corrected chi connectivity index (χ0v) is 12.1. The minimum absolute atomic E-state index is 0.109. The molecule has 8 heteroatoms. The molecule has 0 unspecified atom stereocenters. The number of carbonyl (C=O) groups is 2. The van der Waals surface area contributed by atoms with Gasteiger partial charge in [-0.3, -0.25) is 9.59 Å². The summed E-state index contributed by atoms with van der Waals surface area (Å²) in [6.07, 6.45) is 0. The Bertz CT molecular complexity index is 699. The Morgan fingerprint density at radius 3 is 2.68 bits per heavy atom. The number of nitrogens with one attached hydrogen (secondary N) is 3. The quantitative estimate of drug-likeness (QED) is 0.786. The van der Waals surface area contributed by atoms with Crippen LogP contribution in [-0.2, 0) is 9.59 Å². The number of carbonyl (C=O) groups excluding carboxylic acids is 2. The summed E-state index contributed by atoms with van der Waals surface area (Å²) in [5.41, 5.74) is 0.543. The monoisotopic (exact) mass is 306 g/mol. The van der Waals surface area contributed by atoms with Crippen molar-refractivity contribution >= 4 is 29.0 Å². The SMILES string of the molecule is CC(=O)Nc1ccc(F)c(NCC(=O)Nc2cc(C)on2)c1. The van der Waals surface area contributed by atoms with Gasteiger partial charge in [-0.2, -0.15) is 0 Å². The van der Waals surface area contributed by atoms with Crippen LogP contribution >= 0.6 is 0 Å². The summed E-state index contributed by atoms with van der Waals surface area (Å²) in [5, 5.41) is 11.3. The van der Waals surface area contributed by atoms with E-state index in [9.17, 15) is 14.0 Å². The van der Waals surface area contributed by atoms with Gasteiger partial charge in [0.15, 0.2) is 5.82 Å². The second kappa shape index (κ2) is 6.70. The van der Waals surface area contributed by atoms with Gasteiger partial charge < -0.3 is 20.5 Å². The standard InChI is InChI=1S/C14H15FN4O3/c1-8-5-13(19-22-8)18-14(21)7-16-12-6-10(17-9(2)20)3-4-11(12)15/h3-6,16H,7H2,1-2H3,(H,17,20)(H,18,19,21). The molecule has 0 fully saturated rings. The van der Waals surface area contributed by atoms with Crippen molar-refractivity contribution in [3.05, 3.63) is 35.8 Å². The minimum Gasteiger partial charge on any atom is -0.374 e. The highest BCUT2D eigenvalue weighted by Crippen LogP contribution is 2.19. The van der Waals surface area contributed by atoms with Crippen LogP contribution < -0.4 is 16.0 Å². The molecule has 0 saturated heterocycles. The predicted octanol–water partition coefficient (Wildman–Crippen LogP) is 2.13. The van der Waals surface area contributed by atoms with Crippen LogP contribution in [0.1, 0.15) is 12.7 Å². The van der Waals surface area contributed by atoms with E-state index in [1.165, 1.54) is 25.1 Å². The van der Waals surface area contributed by atoms with Crippen LogP contribution in [0.2, 0.25) is 0 Å². The Labute approximate surface area is 125 Å². The molecule has 2 rings (SSSR count). The maximum atomic E-state index is 13.7. The molecule has 0 radical (unpaired) electrons. The van der Waals surface area contributed by atoms with E-state index in [1.54, 1.807) is 13.0 Å². The van der Waals surface area contributed by atoms with Gasteiger partial charge in [-0.05, 0) is 25.1 Å². The number of hydrogen-bond acceptors (Lipinski definition) is 5. The van der Waals surface area contributed by atoms with Gasteiger partial charge in [0, 0.05) is 18.7 Å². The van der Waals surface area contributed by atoms with E-state index in [0.717, 1.165) is 0 Å². The smallest absolute Gasteiger partial charge is 0.244 e. The van der Waals surface area contributed by atoms with Crippen molar-refractivity contribution in [3.8, 4) is 0 Å². The molecule has 0 aliphatic rings. The average molecular weight is 306 g/mol. The van der Waals surface area contributed by atoms with Crippen LogP contribution in [0.4, 0.5) is 21.6 Å².